The van der Waals surface area contributed by atoms with Crippen molar-refractivity contribution < 1.29 is 27.2 Å². The smallest absolute Gasteiger partial charge is 0.240 e. The second-order valence-corrected chi connectivity index (χ2v) is 7.91. The van der Waals surface area contributed by atoms with E-state index in [9.17, 15) is 8.42 Å². The number of ether oxygens (including phenoxy) is 3. The molecule has 1 N–H and O–H groups in total. The van der Waals surface area contributed by atoms with Crippen molar-refractivity contribution in [1.29, 1.82) is 0 Å². The van der Waals surface area contributed by atoms with Crippen molar-refractivity contribution in [3.05, 3.63) is 53.7 Å². The minimum absolute atomic E-state index is 0.120. The Balaban J connectivity index is 1.40. The second kappa shape index (κ2) is 6.00. The van der Waals surface area contributed by atoms with Gasteiger partial charge in [0.1, 0.15) is 12.4 Å². The third-order valence-corrected chi connectivity index (χ3v) is 5.84. The zero-order chi connectivity index (χ0) is 18.4. The molecule has 0 saturated heterocycles. The van der Waals surface area contributed by atoms with Crippen molar-refractivity contribution in [3.8, 4) is 28.6 Å². The maximum Gasteiger partial charge on any atom is 0.240 e. The van der Waals surface area contributed by atoms with Gasteiger partial charge in [-0.25, -0.2) is 13.1 Å². The quantitative estimate of drug-likeness (QED) is 0.735. The lowest BCUT2D eigenvalue weighted by Gasteiger charge is -2.16. The molecule has 0 radical (unpaired) electrons. The van der Waals surface area contributed by atoms with E-state index in [-0.39, 0.29) is 18.2 Å². The summed E-state index contributed by atoms with van der Waals surface area (Å²) in [4.78, 5) is 0.120. The van der Waals surface area contributed by atoms with Crippen LogP contribution in [0.15, 0.2) is 52.0 Å². The van der Waals surface area contributed by atoms with Gasteiger partial charge in [-0.05, 0) is 35.9 Å². The van der Waals surface area contributed by atoms with E-state index in [0.717, 1.165) is 11.1 Å². The summed E-state index contributed by atoms with van der Waals surface area (Å²) in [6.07, 6.45) is 1.57. The van der Waals surface area contributed by atoms with E-state index in [0.29, 0.717) is 35.2 Å². The first-order valence-electron chi connectivity index (χ1n) is 8.19. The maximum atomic E-state index is 12.7. The van der Waals surface area contributed by atoms with Gasteiger partial charge >= 0.3 is 0 Å². The SMILES string of the molecule is O=S(=O)(NCc1ccc2c(c1)OCO2)c1ccc2c(c1)-c1oncc1CO2. The third-order valence-electron chi connectivity index (χ3n) is 4.44. The summed E-state index contributed by atoms with van der Waals surface area (Å²) in [7, 11) is -3.73. The molecule has 138 valence electrons. The van der Waals surface area contributed by atoms with Crippen molar-refractivity contribution in [3.63, 3.8) is 0 Å². The molecule has 0 saturated carbocycles. The Kier molecular flexibility index (Phi) is 3.59. The zero-order valence-corrected chi connectivity index (χ0v) is 14.8. The fourth-order valence-corrected chi connectivity index (χ4v) is 4.08. The van der Waals surface area contributed by atoms with Crippen LogP contribution in [0.4, 0.5) is 0 Å². The highest BCUT2D eigenvalue weighted by atomic mass is 32.2. The van der Waals surface area contributed by atoms with Gasteiger partial charge in [0.05, 0.1) is 22.2 Å². The molecule has 9 heteroatoms. The van der Waals surface area contributed by atoms with Gasteiger partial charge in [-0.1, -0.05) is 11.2 Å². The van der Waals surface area contributed by atoms with Crippen LogP contribution in [0.3, 0.4) is 0 Å². The molecule has 1 aromatic heterocycles. The van der Waals surface area contributed by atoms with Gasteiger partial charge in [0.25, 0.3) is 0 Å². The molecular weight excluding hydrogens is 372 g/mol. The number of sulfonamides is 1. The van der Waals surface area contributed by atoms with Crippen LogP contribution in [0.25, 0.3) is 11.3 Å². The summed E-state index contributed by atoms with van der Waals surface area (Å²) in [6.45, 7) is 0.645. The maximum absolute atomic E-state index is 12.7. The minimum Gasteiger partial charge on any atom is -0.488 e. The molecule has 0 bridgehead atoms. The van der Waals surface area contributed by atoms with E-state index in [1.165, 1.54) is 12.1 Å². The summed E-state index contributed by atoms with van der Waals surface area (Å²) in [6, 6.07) is 9.95. The average Bonchev–Trinajstić information content (AvgIpc) is 3.34. The van der Waals surface area contributed by atoms with E-state index >= 15 is 0 Å². The van der Waals surface area contributed by atoms with Crippen molar-refractivity contribution in [2.75, 3.05) is 6.79 Å². The molecule has 3 heterocycles. The van der Waals surface area contributed by atoms with E-state index in [1.807, 2.05) is 0 Å². The number of nitrogens with zero attached hydrogens (tertiary/aromatic N) is 1. The molecule has 0 amide bonds. The number of hydrogen-bond donors (Lipinski definition) is 1. The molecule has 0 atom stereocenters. The molecule has 5 rings (SSSR count). The molecule has 0 spiro atoms. The van der Waals surface area contributed by atoms with E-state index in [1.54, 1.807) is 30.5 Å². The number of aromatic nitrogens is 1. The summed E-state index contributed by atoms with van der Waals surface area (Å²) < 4.78 is 49.5. The Bertz CT molecular complexity index is 1140. The predicted octanol–water partition coefficient (Wildman–Crippen LogP) is 2.44. The van der Waals surface area contributed by atoms with Crippen LogP contribution in [-0.2, 0) is 23.2 Å². The van der Waals surface area contributed by atoms with Crippen LogP contribution < -0.4 is 18.9 Å². The van der Waals surface area contributed by atoms with Crippen LogP contribution in [0, 0.1) is 0 Å². The van der Waals surface area contributed by atoms with E-state index < -0.39 is 10.0 Å². The van der Waals surface area contributed by atoms with Crippen molar-refractivity contribution >= 4 is 10.0 Å². The van der Waals surface area contributed by atoms with Gasteiger partial charge in [-0.15, -0.1) is 0 Å². The lowest BCUT2D eigenvalue weighted by atomic mass is 10.1. The molecule has 2 aromatic carbocycles. The largest absolute Gasteiger partial charge is 0.488 e. The average molecular weight is 386 g/mol. The van der Waals surface area contributed by atoms with Crippen LogP contribution in [0.1, 0.15) is 11.1 Å². The van der Waals surface area contributed by atoms with Gasteiger partial charge < -0.3 is 18.7 Å². The molecular formula is C18H14N2O6S. The standard InChI is InChI=1S/C18H14N2O6S/c21-27(22,20-7-11-1-3-16-17(5-11)25-10-24-16)13-2-4-15-14(6-13)18-12(9-23-15)8-19-26-18/h1-6,8,20H,7,9-10H2. The number of nitrogens with one attached hydrogen (secondary N) is 1. The summed E-state index contributed by atoms with van der Waals surface area (Å²) in [5.41, 5.74) is 2.12. The Morgan fingerprint density at radius 2 is 1.85 bits per heavy atom. The van der Waals surface area contributed by atoms with E-state index in [4.69, 9.17) is 18.7 Å². The highest BCUT2D eigenvalue weighted by Gasteiger charge is 2.25. The molecule has 8 nitrogen and oxygen atoms in total. The van der Waals surface area contributed by atoms with Gasteiger partial charge in [-0.2, -0.15) is 0 Å². The Morgan fingerprint density at radius 3 is 2.78 bits per heavy atom. The molecule has 2 aliphatic rings. The normalized spacial score (nSPS) is 14.4. The van der Waals surface area contributed by atoms with Crippen LogP contribution in [0.2, 0.25) is 0 Å². The summed E-state index contributed by atoms with van der Waals surface area (Å²) in [5.74, 6) is 2.35. The highest BCUT2D eigenvalue weighted by Crippen LogP contribution is 2.38. The number of benzene rings is 2. The third kappa shape index (κ3) is 2.81. The molecule has 3 aromatic rings. The van der Waals surface area contributed by atoms with E-state index in [2.05, 4.69) is 9.88 Å². The molecule has 0 aliphatic carbocycles. The summed E-state index contributed by atoms with van der Waals surface area (Å²) >= 11 is 0. The lowest BCUT2D eigenvalue weighted by Crippen LogP contribution is -2.23. The van der Waals surface area contributed by atoms with Crippen LogP contribution in [-0.4, -0.2) is 20.4 Å². The topological polar surface area (TPSA) is 99.9 Å². The highest BCUT2D eigenvalue weighted by molar-refractivity contribution is 7.89. The first-order chi connectivity index (χ1) is 13.1. The Hall–Kier alpha value is -3.04. The van der Waals surface area contributed by atoms with Gasteiger partial charge in [0.15, 0.2) is 17.3 Å². The van der Waals surface area contributed by atoms with Crippen molar-refractivity contribution in [2.45, 2.75) is 18.0 Å². The van der Waals surface area contributed by atoms with Crippen LogP contribution >= 0.6 is 0 Å². The van der Waals surface area contributed by atoms with Gasteiger partial charge in [0.2, 0.25) is 16.8 Å². The fraction of sp³-hybridized carbons (Fsp3) is 0.167. The number of hydrogen-bond acceptors (Lipinski definition) is 7. The van der Waals surface area contributed by atoms with Gasteiger partial charge in [-0.3, -0.25) is 0 Å². The summed E-state index contributed by atoms with van der Waals surface area (Å²) in [5, 5.41) is 3.76. The first kappa shape index (κ1) is 16.2. The minimum atomic E-state index is -3.73. The van der Waals surface area contributed by atoms with Crippen molar-refractivity contribution in [1.82, 2.24) is 9.88 Å². The van der Waals surface area contributed by atoms with Crippen molar-refractivity contribution in [2.24, 2.45) is 0 Å². The monoisotopic (exact) mass is 386 g/mol. The number of fused-ring (bicyclic) bond motifs is 4. The Labute approximate surface area is 154 Å². The Morgan fingerprint density at radius 1 is 1.00 bits per heavy atom. The predicted molar refractivity (Wildman–Crippen MR) is 92.9 cm³/mol. The molecule has 0 fully saturated rings. The lowest BCUT2D eigenvalue weighted by molar-refractivity contribution is 0.174. The molecule has 2 aliphatic heterocycles. The second-order valence-electron chi connectivity index (χ2n) is 6.14. The molecule has 0 unspecified atom stereocenters. The first-order valence-corrected chi connectivity index (χ1v) is 9.67. The molecule has 27 heavy (non-hydrogen) atoms. The van der Waals surface area contributed by atoms with Gasteiger partial charge in [0, 0.05) is 6.54 Å². The number of rotatable bonds is 4. The zero-order valence-electron chi connectivity index (χ0n) is 14.0. The van der Waals surface area contributed by atoms with Crippen LogP contribution in [0.5, 0.6) is 17.2 Å². The fourth-order valence-electron chi connectivity index (χ4n) is 3.03.